The molecule has 3 saturated heterocycles. The second-order valence-corrected chi connectivity index (χ2v) is 13.1. The molecule has 1 unspecified atom stereocenters. The van der Waals surface area contributed by atoms with E-state index in [1.807, 2.05) is 24.3 Å². The van der Waals surface area contributed by atoms with Crippen molar-refractivity contribution < 1.29 is 42.9 Å². The molecule has 0 aromatic heterocycles. The quantitative estimate of drug-likeness (QED) is 0.241. The van der Waals surface area contributed by atoms with Gasteiger partial charge in [-0.1, -0.05) is 36.4 Å². The number of benzene rings is 3. The normalized spacial score (nSPS) is 21.4. The van der Waals surface area contributed by atoms with E-state index in [1.54, 1.807) is 34.1 Å². The number of β-lactam (4-membered cyclic amide) rings is 1. The zero-order valence-electron chi connectivity index (χ0n) is 26.6. The summed E-state index contributed by atoms with van der Waals surface area (Å²) in [5.74, 6) is -2.65. The average Bonchev–Trinajstić information content (AvgIpc) is 3.08. The molecule has 9 nitrogen and oxygen atoms in total. The lowest BCUT2D eigenvalue weighted by Gasteiger charge is -2.48. The number of aryl methyl sites for hydroxylation is 1. The largest absolute Gasteiger partial charge is 0.481 e. The number of hydrogen-bond acceptors (Lipinski definition) is 6. The molecule has 3 aliphatic heterocycles. The molecule has 6 rings (SSSR count). The zero-order chi connectivity index (χ0) is 33.8. The van der Waals surface area contributed by atoms with Crippen LogP contribution >= 0.6 is 0 Å². The summed E-state index contributed by atoms with van der Waals surface area (Å²) in [7, 11) is 0. The molecular weight excluding hydrogens is 622 g/mol. The third-order valence-electron chi connectivity index (χ3n) is 9.94. The Bertz CT molecular complexity index is 1590. The smallest absolute Gasteiger partial charge is 0.306 e. The van der Waals surface area contributed by atoms with Crippen molar-refractivity contribution in [3.05, 3.63) is 101 Å². The Balaban J connectivity index is 1.08. The van der Waals surface area contributed by atoms with Crippen molar-refractivity contribution in [3.8, 4) is 0 Å². The van der Waals surface area contributed by atoms with Crippen molar-refractivity contribution >= 4 is 23.5 Å². The van der Waals surface area contributed by atoms with E-state index in [2.05, 4.69) is 0 Å². The number of halogens is 2. The lowest BCUT2D eigenvalue weighted by atomic mass is 9.78. The van der Waals surface area contributed by atoms with Crippen molar-refractivity contribution in [1.82, 2.24) is 4.90 Å². The monoisotopic (exact) mass is 662 g/mol. The Morgan fingerprint density at radius 3 is 2.15 bits per heavy atom. The number of aliphatic hydroxyl groups is 1. The molecule has 3 fully saturated rings. The summed E-state index contributed by atoms with van der Waals surface area (Å²) in [6.45, 7) is 1.53. The number of rotatable bonds is 13. The lowest BCUT2D eigenvalue weighted by Crippen LogP contribution is -2.55. The molecule has 3 heterocycles. The van der Waals surface area contributed by atoms with Crippen molar-refractivity contribution in [2.75, 3.05) is 37.8 Å². The van der Waals surface area contributed by atoms with E-state index in [0.717, 1.165) is 11.1 Å². The van der Waals surface area contributed by atoms with Gasteiger partial charge in [-0.05, 0) is 91.6 Å². The average molecular weight is 663 g/mol. The number of ether oxygens (including phenoxy) is 2. The Labute approximate surface area is 278 Å². The molecule has 0 radical (unpaired) electrons. The number of aliphatic hydroxyl groups excluding tert-OH is 1. The highest BCUT2D eigenvalue weighted by Crippen LogP contribution is 2.46. The SMILES string of the molecule is O=C(O)C1CCN(C(=O)COC2(CCc3ccc([C@@H]4[C@@H](CCC(O)c5ccc(F)cc5)C(=O)N4c4ccc(F)cc4)cc3)COC2)CC1. The molecule has 0 spiro atoms. The van der Waals surface area contributed by atoms with E-state index in [-0.39, 0.29) is 30.3 Å². The van der Waals surface area contributed by atoms with Crippen LogP contribution in [0.4, 0.5) is 14.5 Å². The predicted octanol–water partition coefficient (Wildman–Crippen LogP) is 5.22. The van der Waals surface area contributed by atoms with Crippen molar-refractivity contribution in [2.24, 2.45) is 11.8 Å². The highest BCUT2D eigenvalue weighted by atomic mass is 19.1. The fraction of sp³-hybridized carbons (Fsp3) is 0.432. The van der Waals surface area contributed by atoms with Gasteiger partial charge in [0.15, 0.2) is 0 Å². The van der Waals surface area contributed by atoms with Crippen LogP contribution in [-0.2, 0) is 30.3 Å². The summed E-state index contributed by atoms with van der Waals surface area (Å²) in [4.78, 5) is 40.7. The van der Waals surface area contributed by atoms with Crippen molar-refractivity contribution in [2.45, 2.75) is 56.3 Å². The number of carbonyl (C=O) groups excluding carboxylic acids is 2. The first kappa shape index (κ1) is 33.7. The van der Waals surface area contributed by atoms with Crippen molar-refractivity contribution in [3.63, 3.8) is 0 Å². The number of anilines is 1. The van der Waals surface area contributed by atoms with Crippen LogP contribution < -0.4 is 4.90 Å². The molecule has 0 saturated carbocycles. The minimum absolute atomic E-state index is 0.0772. The molecule has 3 aliphatic rings. The molecule has 3 aromatic carbocycles. The molecule has 3 atom stereocenters. The molecule has 11 heteroatoms. The number of hydrogen-bond donors (Lipinski definition) is 2. The van der Waals surface area contributed by atoms with E-state index in [1.165, 1.54) is 24.3 Å². The lowest BCUT2D eigenvalue weighted by molar-refractivity contribution is -0.214. The molecule has 2 N–H and O–H groups in total. The van der Waals surface area contributed by atoms with Gasteiger partial charge in [0.2, 0.25) is 11.8 Å². The number of piperidine rings is 1. The number of aliphatic carboxylic acids is 1. The van der Waals surface area contributed by atoms with Crippen LogP contribution in [0.25, 0.3) is 0 Å². The van der Waals surface area contributed by atoms with Crippen LogP contribution in [0.2, 0.25) is 0 Å². The van der Waals surface area contributed by atoms with Gasteiger partial charge in [-0.2, -0.15) is 0 Å². The molecule has 0 aliphatic carbocycles. The van der Waals surface area contributed by atoms with Gasteiger partial charge in [-0.3, -0.25) is 14.4 Å². The first-order valence-electron chi connectivity index (χ1n) is 16.5. The number of carbonyl (C=O) groups is 3. The van der Waals surface area contributed by atoms with E-state index in [9.17, 15) is 33.4 Å². The topological polar surface area (TPSA) is 117 Å². The van der Waals surface area contributed by atoms with Crippen LogP contribution in [0.1, 0.15) is 60.9 Å². The summed E-state index contributed by atoms with van der Waals surface area (Å²) >= 11 is 0. The first-order chi connectivity index (χ1) is 23.1. The third kappa shape index (κ3) is 7.43. The third-order valence-corrected chi connectivity index (χ3v) is 9.94. The van der Waals surface area contributed by atoms with Gasteiger partial charge in [0.1, 0.15) is 23.8 Å². The zero-order valence-corrected chi connectivity index (χ0v) is 26.6. The van der Waals surface area contributed by atoms with Gasteiger partial charge >= 0.3 is 5.97 Å². The standard InChI is InChI=1S/C37H40F2N2O7/c38-28-7-5-25(6-8-28)32(42)14-13-31-34(41(35(31)44)30-11-9-29(39)10-12-30)26-3-1-24(2-4-26)15-18-37(22-47-23-37)48-21-33(43)40-19-16-27(17-20-40)36(45)46/h1-12,27,31-32,34,42H,13-23H2,(H,45,46)/t31-,32?,34-/m1/s1. The minimum atomic E-state index is -0.842. The highest BCUT2D eigenvalue weighted by molar-refractivity contribution is 6.03. The Hall–Kier alpha value is -4.19. The Morgan fingerprint density at radius 2 is 1.56 bits per heavy atom. The molecule has 3 aromatic rings. The summed E-state index contributed by atoms with van der Waals surface area (Å²) < 4.78 is 38.6. The summed E-state index contributed by atoms with van der Waals surface area (Å²) in [6, 6.07) is 19.2. The van der Waals surface area contributed by atoms with Gasteiger partial charge in [0.05, 0.1) is 37.2 Å². The Kier molecular flexibility index (Phi) is 10.2. The summed E-state index contributed by atoms with van der Waals surface area (Å²) in [6.07, 6.45) is 2.11. The van der Waals surface area contributed by atoms with Crippen LogP contribution in [0.15, 0.2) is 72.8 Å². The number of carboxylic acid groups (broad SMARTS) is 1. The van der Waals surface area contributed by atoms with Crippen molar-refractivity contribution in [1.29, 1.82) is 0 Å². The van der Waals surface area contributed by atoms with Crippen LogP contribution in [0, 0.1) is 23.5 Å². The number of amides is 2. The molecule has 254 valence electrons. The van der Waals surface area contributed by atoms with Crippen LogP contribution in [0.5, 0.6) is 0 Å². The summed E-state index contributed by atoms with van der Waals surface area (Å²) in [5, 5.41) is 19.9. The predicted molar refractivity (Wildman–Crippen MR) is 172 cm³/mol. The van der Waals surface area contributed by atoms with Crippen LogP contribution in [-0.4, -0.2) is 71.4 Å². The number of likely N-dealkylation sites (tertiary alicyclic amines) is 1. The molecule has 48 heavy (non-hydrogen) atoms. The Morgan fingerprint density at radius 1 is 0.938 bits per heavy atom. The number of carboxylic acids is 1. The maximum Gasteiger partial charge on any atom is 0.306 e. The summed E-state index contributed by atoms with van der Waals surface area (Å²) in [5.41, 5.74) is 2.58. The van der Waals surface area contributed by atoms with Gasteiger partial charge in [0.25, 0.3) is 0 Å². The first-order valence-corrected chi connectivity index (χ1v) is 16.5. The van der Waals surface area contributed by atoms with Crippen LogP contribution in [0.3, 0.4) is 0 Å². The maximum atomic E-state index is 13.7. The van der Waals surface area contributed by atoms with E-state index >= 15 is 0 Å². The molecular formula is C37H40F2N2O7. The fourth-order valence-corrected chi connectivity index (χ4v) is 6.86. The minimum Gasteiger partial charge on any atom is -0.481 e. The van der Waals surface area contributed by atoms with Gasteiger partial charge in [0, 0.05) is 18.8 Å². The second kappa shape index (κ2) is 14.5. The highest BCUT2D eigenvalue weighted by Gasteiger charge is 2.48. The maximum absolute atomic E-state index is 13.7. The molecule has 2 amide bonds. The van der Waals surface area contributed by atoms with Gasteiger partial charge in [-0.25, -0.2) is 8.78 Å². The molecule has 0 bridgehead atoms. The second-order valence-electron chi connectivity index (χ2n) is 13.1. The number of nitrogens with zero attached hydrogens (tertiary/aromatic N) is 2. The van der Waals surface area contributed by atoms with Gasteiger partial charge in [-0.15, -0.1) is 0 Å². The fourth-order valence-electron chi connectivity index (χ4n) is 6.86. The van der Waals surface area contributed by atoms with E-state index in [0.29, 0.717) is 76.1 Å². The van der Waals surface area contributed by atoms with E-state index in [4.69, 9.17) is 9.47 Å². The van der Waals surface area contributed by atoms with E-state index < -0.39 is 35.3 Å². The van der Waals surface area contributed by atoms with Gasteiger partial charge < -0.3 is 29.5 Å².